The number of benzene rings is 2. The number of carbonyl (C=O) groups is 2. The zero-order chi connectivity index (χ0) is 20.5. The largest absolute Gasteiger partial charge is 0.382 e. The van der Waals surface area contributed by atoms with Gasteiger partial charge in [-0.3, -0.25) is 14.5 Å². The maximum absolute atomic E-state index is 14.9. The van der Waals surface area contributed by atoms with Crippen LogP contribution in [0, 0.1) is 17.5 Å². The number of nitrogens with two attached hydrogens (primary N) is 1. The minimum absolute atomic E-state index is 0.0514. The van der Waals surface area contributed by atoms with Crippen molar-refractivity contribution >= 4 is 17.5 Å². The van der Waals surface area contributed by atoms with Gasteiger partial charge in [0.15, 0.2) is 11.6 Å². The first kappa shape index (κ1) is 19.8. The second-order valence-electron chi connectivity index (χ2n) is 6.14. The Balaban J connectivity index is 2.28. The molecular formula is C19H17F3N2O4. The monoisotopic (exact) mass is 394 g/mol. The number of primary amides is 1. The summed E-state index contributed by atoms with van der Waals surface area (Å²) in [5, 5.41) is 0. The first-order chi connectivity index (χ1) is 13.3. The molecule has 0 unspecified atom stereocenters. The standard InChI is InChI=1S/C19H17F3N2O4/c1-27-8-9-28-19(11-2-4-12(20)5-3-11)16-14(7-6-13(21)17(16)22)24(18(19)26)10-15(23)25/h2-7H,8-10H2,1H3,(H2,23,25)/t19-/m0/s1. The molecule has 28 heavy (non-hydrogen) atoms. The second kappa shape index (κ2) is 7.61. The van der Waals surface area contributed by atoms with Gasteiger partial charge in [-0.05, 0) is 29.8 Å². The molecule has 1 heterocycles. The van der Waals surface area contributed by atoms with Crippen molar-refractivity contribution in [2.24, 2.45) is 5.73 Å². The van der Waals surface area contributed by atoms with Crippen molar-refractivity contribution in [3.63, 3.8) is 0 Å². The van der Waals surface area contributed by atoms with Crippen LogP contribution >= 0.6 is 0 Å². The number of carbonyl (C=O) groups excluding carboxylic acids is 2. The highest BCUT2D eigenvalue weighted by Crippen LogP contribution is 2.48. The van der Waals surface area contributed by atoms with Gasteiger partial charge in [0.2, 0.25) is 11.5 Å². The number of nitrogens with zero attached hydrogens (tertiary/aromatic N) is 1. The Labute approximate surface area is 158 Å². The molecule has 1 aliphatic heterocycles. The summed E-state index contributed by atoms with van der Waals surface area (Å²) in [6.07, 6.45) is 0. The Morgan fingerprint density at radius 3 is 2.39 bits per heavy atom. The lowest BCUT2D eigenvalue weighted by Gasteiger charge is -2.29. The number of fused-ring (bicyclic) bond motifs is 1. The quantitative estimate of drug-likeness (QED) is 0.727. The number of methoxy groups -OCH3 is 1. The van der Waals surface area contributed by atoms with Crippen molar-refractivity contribution in [2.75, 3.05) is 31.8 Å². The molecule has 1 aliphatic rings. The number of halogens is 3. The zero-order valence-electron chi connectivity index (χ0n) is 14.9. The first-order valence-electron chi connectivity index (χ1n) is 8.30. The van der Waals surface area contributed by atoms with Gasteiger partial charge in [-0.15, -0.1) is 0 Å². The summed E-state index contributed by atoms with van der Waals surface area (Å²) in [5.74, 6) is -4.78. The summed E-state index contributed by atoms with van der Waals surface area (Å²) in [4.78, 5) is 25.7. The molecule has 3 rings (SSSR count). The number of ether oxygens (including phenoxy) is 2. The first-order valence-corrected chi connectivity index (χ1v) is 8.30. The SMILES string of the molecule is COCCO[C@]1(c2ccc(F)cc2)C(=O)N(CC(N)=O)c2ccc(F)c(F)c21. The summed E-state index contributed by atoms with van der Waals surface area (Å²) in [6, 6.07) is 6.62. The minimum atomic E-state index is -2.12. The fourth-order valence-electron chi connectivity index (χ4n) is 3.27. The maximum Gasteiger partial charge on any atom is 0.269 e. The third-order valence-corrected chi connectivity index (χ3v) is 4.43. The molecule has 148 valence electrons. The highest BCUT2D eigenvalue weighted by molar-refractivity contribution is 6.11. The Hall–Kier alpha value is -2.91. The Kier molecular flexibility index (Phi) is 5.39. The van der Waals surface area contributed by atoms with Crippen molar-refractivity contribution in [2.45, 2.75) is 5.60 Å². The van der Waals surface area contributed by atoms with Crippen LogP contribution in [0.3, 0.4) is 0 Å². The van der Waals surface area contributed by atoms with E-state index in [1.165, 1.54) is 25.3 Å². The van der Waals surface area contributed by atoms with Crippen LogP contribution < -0.4 is 10.6 Å². The number of amides is 2. The molecule has 9 heteroatoms. The van der Waals surface area contributed by atoms with Crippen molar-refractivity contribution in [1.82, 2.24) is 0 Å². The lowest BCUT2D eigenvalue weighted by atomic mass is 9.86. The van der Waals surface area contributed by atoms with Crippen LogP contribution in [-0.2, 0) is 24.7 Å². The summed E-state index contributed by atoms with van der Waals surface area (Å²) in [6.45, 7) is -0.661. The third-order valence-electron chi connectivity index (χ3n) is 4.43. The van der Waals surface area contributed by atoms with Crippen LogP contribution in [0.15, 0.2) is 36.4 Å². The van der Waals surface area contributed by atoms with E-state index >= 15 is 0 Å². The van der Waals surface area contributed by atoms with Crippen molar-refractivity contribution < 1.29 is 32.2 Å². The summed E-state index contributed by atoms with van der Waals surface area (Å²) >= 11 is 0. The van der Waals surface area contributed by atoms with Crippen LogP contribution in [0.25, 0.3) is 0 Å². The molecule has 0 fully saturated rings. The maximum atomic E-state index is 14.9. The number of anilines is 1. The molecule has 2 N–H and O–H groups in total. The Morgan fingerprint density at radius 1 is 1.11 bits per heavy atom. The topological polar surface area (TPSA) is 81.9 Å². The van der Waals surface area contributed by atoms with Gasteiger partial charge in [-0.25, -0.2) is 13.2 Å². The van der Waals surface area contributed by atoms with Gasteiger partial charge in [0.1, 0.15) is 12.4 Å². The van der Waals surface area contributed by atoms with Crippen LogP contribution in [0.4, 0.5) is 18.9 Å². The van der Waals surface area contributed by atoms with Gasteiger partial charge in [-0.2, -0.15) is 0 Å². The molecule has 0 radical (unpaired) electrons. The third kappa shape index (κ3) is 3.12. The molecule has 0 aliphatic carbocycles. The van der Waals surface area contributed by atoms with E-state index in [2.05, 4.69) is 0 Å². The van der Waals surface area contributed by atoms with Crippen LogP contribution in [-0.4, -0.2) is 38.7 Å². The fourth-order valence-corrected chi connectivity index (χ4v) is 3.27. The molecule has 0 spiro atoms. The second-order valence-corrected chi connectivity index (χ2v) is 6.14. The highest BCUT2D eigenvalue weighted by Gasteiger charge is 2.56. The summed E-state index contributed by atoms with van der Waals surface area (Å²) < 4.78 is 53.1. The van der Waals surface area contributed by atoms with Gasteiger partial charge in [0, 0.05) is 7.11 Å². The van der Waals surface area contributed by atoms with Gasteiger partial charge < -0.3 is 15.2 Å². The average Bonchev–Trinajstić information content (AvgIpc) is 2.89. The van der Waals surface area contributed by atoms with Crippen molar-refractivity contribution in [3.05, 3.63) is 65.0 Å². The van der Waals surface area contributed by atoms with Gasteiger partial charge >= 0.3 is 0 Å². The van der Waals surface area contributed by atoms with Gasteiger partial charge in [0.05, 0.1) is 24.5 Å². The molecule has 1 atom stereocenters. The number of hydrogen-bond acceptors (Lipinski definition) is 4. The van der Waals surface area contributed by atoms with E-state index < -0.39 is 47.0 Å². The molecule has 2 aromatic rings. The highest BCUT2D eigenvalue weighted by atomic mass is 19.2. The van der Waals surface area contributed by atoms with Gasteiger partial charge in [0.25, 0.3) is 5.91 Å². The smallest absolute Gasteiger partial charge is 0.269 e. The van der Waals surface area contributed by atoms with Crippen molar-refractivity contribution in [1.29, 1.82) is 0 Å². The minimum Gasteiger partial charge on any atom is -0.382 e. The molecule has 6 nitrogen and oxygen atoms in total. The van der Waals surface area contributed by atoms with E-state index in [-0.39, 0.29) is 24.5 Å². The van der Waals surface area contributed by atoms with E-state index in [9.17, 15) is 22.8 Å². The van der Waals surface area contributed by atoms with Crippen LogP contribution in [0.5, 0.6) is 0 Å². The predicted octanol–water partition coefficient (Wildman–Crippen LogP) is 1.84. The van der Waals surface area contributed by atoms with Gasteiger partial charge in [-0.1, -0.05) is 12.1 Å². The lowest BCUT2D eigenvalue weighted by molar-refractivity contribution is -0.140. The van der Waals surface area contributed by atoms with E-state index in [0.717, 1.165) is 23.1 Å². The normalized spacial score (nSPS) is 18.4. The van der Waals surface area contributed by atoms with E-state index in [4.69, 9.17) is 15.2 Å². The number of rotatable bonds is 7. The van der Waals surface area contributed by atoms with E-state index in [1.807, 2.05) is 0 Å². The van der Waals surface area contributed by atoms with Crippen LogP contribution in [0.1, 0.15) is 11.1 Å². The zero-order valence-corrected chi connectivity index (χ0v) is 14.9. The Morgan fingerprint density at radius 2 is 1.79 bits per heavy atom. The number of hydrogen-bond donors (Lipinski definition) is 1. The molecular weight excluding hydrogens is 377 g/mol. The molecule has 0 aromatic heterocycles. The molecule has 0 saturated carbocycles. The molecule has 0 saturated heterocycles. The molecule has 2 amide bonds. The summed E-state index contributed by atoms with van der Waals surface area (Å²) in [5.41, 5.74) is 2.72. The molecule has 0 bridgehead atoms. The fraction of sp³-hybridized carbons (Fsp3) is 0.263. The lowest BCUT2D eigenvalue weighted by Crippen LogP contribution is -2.46. The summed E-state index contributed by atoms with van der Waals surface area (Å²) in [7, 11) is 1.40. The predicted molar refractivity (Wildman–Crippen MR) is 92.9 cm³/mol. The van der Waals surface area contributed by atoms with Crippen LogP contribution in [0.2, 0.25) is 0 Å². The van der Waals surface area contributed by atoms with E-state index in [0.29, 0.717) is 0 Å². The van der Waals surface area contributed by atoms with Crippen molar-refractivity contribution in [3.8, 4) is 0 Å². The molecule has 2 aromatic carbocycles. The average molecular weight is 394 g/mol. The van der Waals surface area contributed by atoms with E-state index in [1.54, 1.807) is 0 Å². The Bertz CT molecular complexity index is 920.